The molecule has 0 saturated carbocycles. The number of rotatable bonds is 2. The molecule has 1 nitrogen and oxygen atoms in total. The lowest BCUT2D eigenvalue weighted by Gasteiger charge is -2.27. The third kappa shape index (κ3) is 2.23. The lowest BCUT2D eigenvalue weighted by Crippen LogP contribution is -2.50. The highest BCUT2D eigenvalue weighted by Gasteiger charge is 2.74. The number of alkyl halides is 7. The van der Waals surface area contributed by atoms with Crippen molar-refractivity contribution in [2.45, 2.75) is 18.0 Å². The molecule has 1 aromatic heterocycles. The molecule has 9 heteroatoms. The predicted molar refractivity (Wildman–Crippen MR) is 47.3 cm³/mol. The molecule has 0 aliphatic rings. The van der Waals surface area contributed by atoms with E-state index in [-0.39, 0.29) is 0 Å². The second kappa shape index (κ2) is 3.88. The number of aromatic nitrogens is 1. The molecule has 0 radical (unpaired) electrons. The molecule has 0 spiro atoms. The average Bonchev–Trinajstić information content (AvgIpc) is 2.16. The summed E-state index contributed by atoms with van der Waals surface area (Å²) in [5.41, 5.74) is -1.26. The first kappa shape index (κ1) is 13.8. The summed E-state index contributed by atoms with van der Waals surface area (Å²) in [6.45, 7) is 0. The van der Waals surface area contributed by atoms with Crippen LogP contribution in [0.4, 0.5) is 30.7 Å². The van der Waals surface area contributed by atoms with Gasteiger partial charge in [-0.2, -0.15) is 30.7 Å². The van der Waals surface area contributed by atoms with Crippen LogP contribution in [0.1, 0.15) is 5.69 Å². The fourth-order valence-electron chi connectivity index (χ4n) is 0.992. The van der Waals surface area contributed by atoms with E-state index in [1.165, 1.54) is 7.85 Å². The molecule has 0 amide bonds. The number of hydrogen-bond donors (Lipinski definition) is 0. The van der Waals surface area contributed by atoms with Gasteiger partial charge >= 0.3 is 18.0 Å². The maximum absolute atomic E-state index is 13.0. The average molecular weight is 259 g/mol. The summed E-state index contributed by atoms with van der Waals surface area (Å²) in [5.74, 6) is -11.6. The monoisotopic (exact) mass is 259 g/mol. The lowest BCUT2D eigenvalue weighted by atomic mass is 9.97. The van der Waals surface area contributed by atoms with Crippen molar-refractivity contribution in [2.24, 2.45) is 0 Å². The Balaban J connectivity index is 3.23. The zero-order chi connectivity index (χ0) is 13.5. The van der Waals surface area contributed by atoms with Crippen LogP contribution in [0.5, 0.6) is 0 Å². The van der Waals surface area contributed by atoms with E-state index in [0.717, 1.165) is 12.3 Å². The van der Waals surface area contributed by atoms with Crippen molar-refractivity contribution in [3.05, 3.63) is 24.0 Å². The molecule has 17 heavy (non-hydrogen) atoms. The van der Waals surface area contributed by atoms with Gasteiger partial charge in [-0.3, -0.25) is 4.98 Å². The van der Waals surface area contributed by atoms with Crippen molar-refractivity contribution < 1.29 is 30.7 Å². The van der Waals surface area contributed by atoms with Crippen LogP contribution in [0, 0.1) is 0 Å². The summed E-state index contributed by atoms with van der Waals surface area (Å²) < 4.78 is 86.7. The van der Waals surface area contributed by atoms with Crippen LogP contribution in [0.3, 0.4) is 0 Å². The third-order valence-corrected chi connectivity index (χ3v) is 1.98. The van der Waals surface area contributed by atoms with Crippen LogP contribution in [0.25, 0.3) is 0 Å². The van der Waals surface area contributed by atoms with Crippen molar-refractivity contribution in [1.29, 1.82) is 0 Å². The Morgan fingerprint density at radius 1 is 0.941 bits per heavy atom. The van der Waals surface area contributed by atoms with Crippen molar-refractivity contribution in [3.8, 4) is 0 Å². The van der Waals surface area contributed by atoms with Gasteiger partial charge in [0.2, 0.25) is 0 Å². The van der Waals surface area contributed by atoms with Crippen molar-refractivity contribution >= 4 is 13.3 Å². The Morgan fingerprint density at radius 2 is 1.47 bits per heavy atom. The first-order chi connectivity index (χ1) is 7.50. The van der Waals surface area contributed by atoms with E-state index in [0.29, 0.717) is 11.5 Å². The van der Waals surface area contributed by atoms with Gasteiger partial charge in [-0.1, -0.05) is 11.5 Å². The summed E-state index contributed by atoms with van der Waals surface area (Å²) in [4.78, 5) is 2.90. The van der Waals surface area contributed by atoms with E-state index in [1.807, 2.05) is 0 Å². The molecule has 0 bridgehead atoms. The van der Waals surface area contributed by atoms with E-state index in [9.17, 15) is 30.7 Å². The molecule has 0 aliphatic carbocycles. The van der Waals surface area contributed by atoms with Gasteiger partial charge in [-0.05, 0) is 6.07 Å². The van der Waals surface area contributed by atoms with Crippen LogP contribution < -0.4 is 5.46 Å². The smallest absolute Gasteiger partial charge is 0.255 e. The minimum absolute atomic E-state index is 0.361. The normalized spacial score (nSPS) is 13.8. The Labute approximate surface area is 92.1 Å². The highest BCUT2D eigenvalue weighted by Crippen LogP contribution is 2.50. The van der Waals surface area contributed by atoms with Gasteiger partial charge < -0.3 is 0 Å². The van der Waals surface area contributed by atoms with Gasteiger partial charge in [-0.15, -0.1) is 0 Å². The Morgan fingerprint density at radius 3 is 1.82 bits per heavy atom. The van der Waals surface area contributed by atoms with Crippen molar-refractivity contribution in [1.82, 2.24) is 4.98 Å². The lowest BCUT2D eigenvalue weighted by molar-refractivity contribution is -0.360. The second-order valence-corrected chi connectivity index (χ2v) is 3.37. The molecule has 0 fully saturated rings. The van der Waals surface area contributed by atoms with E-state index in [4.69, 9.17) is 0 Å². The van der Waals surface area contributed by atoms with E-state index in [1.54, 1.807) is 0 Å². The standard InChI is InChI=1S/C8H5BF7N/c9-4-1-2-5(17-3-4)6(10,11)7(12,13)8(14,15)16/h1-3H,9H2. The topological polar surface area (TPSA) is 12.9 Å². The van der Waals surface area contributed by atoms with E-state index < -0.39 is 23.7 Å². The summed E-state index contributed by atoms with van der Waals surface area (Å²) in [7, 11) is 1.43. The number of hydrogen-bond acceptors (Lipinski definition) is 1. The van der Waals surface area contributed by atoms with Gasteiger partial charge in [0.15, 0.2) is 0 Å². The zero-order valence-corrected chi connectivity index (χ0v) is 8.33. The summed E-state index contributed by atoms with van der Waals surface area (Å²) >= 11 is 0. The van der Waals surface area contributed by atoms with Crippen LogP contribution >= 0.6 is 0 Å². The van der Waals surface area contributed by atoms with Crippen LogP contribution in [-0.2, 0) is 5.92 Å². The molecular weight excluding hydrogens is 254 g/mol. The first-order valence-electron chi connectivity index (χ1n) is 4.25. The highest BCUT2D eigenvalue weighted by atomic mass is 19.4. The SMILES string of the molecule is Bc1ccc(C(F)(F)C(F)(F)C(F)(F)F)nc1. The summed E-state index contributed by atoms with van der Waals surface area (Å²) in [5, 5.41) is 0. The molecule has 0 saturated heterocycles. The maximum atomic E-state index is 13.0. The van der Waals surface area contributed by atoms with Crippen molar-refractivity contribution in [3.63, 3.8) is 0 Å². The molecule has 0 aliphatic heterocycles. The van der Waals surface area contributed by atoms with Gasteiger partial charge in [0.25, 0.3) is 0 Å². The first-order valence-corrected chi connectivity index (χ1v) is 4.25. The van der Waals surface area contributed by atoms with Crippen LogP contribution in [0.2, 0.25) is 0 Å². The minimum atomic E-state index is -6.34. The van der Waals surface area contributed by atoms with E-state index >= 15 is 0 Å². The predicted octanol–water partition coefficient (Wildman–Crippen LogP) is 1.63. The molecular formula is C8H5BF7N. The van der Waals surface area contributed by atoms with Crippen molar-refractivity contribution in [2.75, 3.05) is 0 Å². The second-order valence-electron chi connectivity index (χ2n) is 3.37. The van der Waals surface area contributed by atoms with Crippen LogP contribution in [-0.4, -0.2) is 24.9 Å². The molecule has 1 aromatic rings. The van der Waals surface area contributed by atoms with Gasteiger partial charge in [0.05, 0.1) is 0 Å². The Bertz CT molecular complexity index is 397. The zero-order valence-electron chi connectivity index (χ0n) is 8.33. The molecule has 1 heterocycles. The largest absolute Gasteiger partial charge is 0.460 e. The maximum Gasteiger partial charge on any atom is 0.460 e. The van der Waals surface area contributed by atoms with Gasteiger partial charge in [0, 0.05) is 6.20 Å². The number of nitrogens with zero attached hydrogens (tertiary/aromatic N) is 1. The molecule has 0 N–H and O–H groups in total. The number of halogens is 7. The van der Waals surface area contributed by atoms with Gasteiger partial charge in [0.1, 0.15) is 13.5 Å². The number of pyridine rings is 1. The third-order valence-electron chi connectivity index (χ3n) is 1.98. The fraction of sp³-hybridized carbons (Fsp3) is 0.375. The molecule has 94 valence electrons. The quantitative estimate of drug-likeness (QED) is 0.581. The Hall–Kier alpha value is -1.28. The van der Waals surface area contributed by atoms with E-state index in [2.05, 4.69) is 4.98 Å². The Kier molecular flexibility index (Phi) is 3.15. The molecule has 0 aromatic carbocycles. The highest BCUT2D eigenvalue weighted by molar-refractivity contribution is 6.32. The molecule has 0 atom stereocenters. The summed E-state index contributed by atoms with van der Waals surface area (Å²) in [6.07, 6.45) is -5.56. The fourth-order valence-corrected chi connectivity index (χ4v) is 0.992. The molecule has 0 unspecified atom stereocenters. The molecule has 1 rings (SSSR count). The van der Waals surface area contributed by atoms with Gasteiger partial charge in [-0.25, -0.2) is 0 Å². The summed E-state index contributed by atoms with van der Waals surface area (Å²) in [6, 6.07) is 1.41. The minimum Gasteiger partial charge on any atom is -0.255 e. The van der Waals surface area contributed by atoms with Crippen LogP contribution in [0.15, 0.2) is 18.3 Å².